The number of ether oxygens (including phenoxy) is 1. The van der Waals surface area contributed by atoms with Gasteiger partial charge in [-0.2, -0.15) is 5.26 Å². The van der Waals surface area contributed by atoms with Gasteiger partial charge in [0.05, 0.1) is 35.8 Å². The minimum Gasteiger partial charge on any atom is -0.376 e. The average molecular weight is 431 g/mol. The van der Waals surface area contributed by atoms with E-state index >= 15 is 0 Å². The summed E-state index contributed by atoms with van der Waals surface area (Å²) >= 11 is 0. The number of amides is 1. The van der Waals surface area contributed by atoms with Gasteiger partial charge in [0.15, 0.2) is 5.82 Å². The molecule has 3 heterocycles. The fourth-order valence-electron chi connectivity index (χ4n) is 3.91. The third-order valence-corrected chi connectivity index (χ3v) is 5.66. The molecule has 0 saturated carbocycles. The number of aromatic nitrogens is 3. The summed E-state index contributed by atoms with van der Waals surface area (Å²) in [7, 11) is 0. The fraction of sp³-hybridized carbons (Fsp3) is 0.333. The Bertz CT molecular complexity index is 1180. The number of nitrogens with zero attached hydrogens (tertiary/aromatic N) is 3. The molecule has 1 saturated heterocycles. The first kappa shape index (κ1) is 21.5. The van der Waals surface area contributed by atoms with Crippen LogP contribution < -0.4 is 10.9 Å². The maximum absolute atomic E-state index is 13.0. The lowest BCUT2D eigenvalue weighted by Gasteiger charge is -2.28. The molecular weight excluding hydrogens is 406 g/mol. The highest BCUT2D eigenvalue weighted by Gasteiger charge is 2.24. The van der Waals surface area contributed by atoms with Crippen molar-refractivity contribution in [3.05, 3.63) is 70.3 Å². The Kier molecular flexibility index (Phi) is 6.47. The zero-order valence-electron chi connectivity index (χ0n) is 17.9. The molecule has 8 nitrogen and oxygen atoms in total. The number of nitrogens with one attached hydrogen (secondary N) is 2. The van der Waals surface area contributed by atoms with E-state index in [1.165, 1.54) is 4.68 Å². The summed E-state index contributed by atoms with van der Waals surface area (Å²) in [5, 5.41) is 14.6. The number of aromatic amines is 1. The van der Waals surface area contributed by atoms with Crippen molar-refractivity contribution < 1.29 is 9.53 Å². The lowest BCUT2D eigenvalue weighted by molar-refractivity contribution is -0.00298. The van der Waals surface area contributed by atoms with Gasteiger partial charge in [0.2, 0.25) is 0 Å². The molecule has 0 aliphatic carbocycles. The van der Waals surface area contributed by atoms with Crippen LogP contribution >= 0.6 is 0 Å². The van der Waals surface area contributed by atoms with Crippen LogP contribution in [0.15, 0.2) is 53.6 Å². The van der Waals surface area contributed by atoms with E-state index < -0.39 is 0 Å². The third-order valence-electron chi connectivity index (χ3n) is 5.66. The summed E-state index contributed by atoms with van der Waals surface area (Å²) in [6.07, 6.45) is 6.58. The SMILES string of the molecule is C[C@@H](NC(=O)c1cccnc1-n1cc(-c2ccc(CC#N)cc2)c(=O)[nH]1)C1CCCCO1. The van der Waals surface area contributed by atoms with Crippen LogP contribution in [0.2, 0.25) is 0 Å². The van der Waals surface area contributed by atoms with Crippen molar-refractivity contribution >= 4 is 5.91 Å². The van der Waals surface area contributed by atoms with Crippen LogP contribution in [0.1, 0.15) is 42.1 Å². The molecule has 2 atom stereocenters. The normalized spacial score (nSPS) is 16.8. The standard InChI is InChI=1S/C24H25N5O3/c1-16(21-6-2-3-14-32-21)27-23(30)19-5-4-13-26-22(19)29-15-20(24(31)28-29)18-9-7-17(8-10-18)11-12-25/h4-5,7-10,13,15-16,21H,2-3,6,11,14H2,1H3,(H,27,30)(H,28,31)/t16-,21?/m1/s1. The van der Waals surface area contributed by atoms with Crippen molar-refractivity contribution in [2.24, 2.45) is 0 Å². The van der Waals surface area contributed by atoms with Gasteiger partial charge in [0.1, 0.15) is 0 Å². The Morgan fingerprint density at radius 2 is 2.16 bits per heavy atom. The number of benzene rings is 1. The quantitative estimate of drug-likeness (QED) is 0.623. The van der Waals surface area contributed by atoms with Crippen molar-refractivity contribution in [3.8, 4) is 23.0 Å². The second-order valence-corrected chi connectivity index (χ2v) is 7.93. The zero-order valence-corrected chi connectivity index (χ0v) is 17.9. The lowest BCUT2D eigenvalue weighted by Crippen LogP contribution is -2.44. The van der Waals surface area contributed by atoms with E-state index in [0.29, 0.717) is 30.0 Å². The van der Waals surface area contributed by atoms with Crippen LogP contribution in [0, 0.1) is 11.3 Å². The Balaban J connectivity index is 1.58. The van der Waals surface area contributed by atoms with Gasteiger partial charge in [-0.15, -0.1) is 0 Å². The van der Waals surface area contributed by atoms with E-state index in [0.717, 1.165) is 30.4 Å². The smallest absolute Gasteiger partial charge is 0.272 e. The molecule has 2 N–H and O–H groups in total. The Hall–Kier alpha value is -3.70. The number of H-pyrrole nitrogens is 1. The molecule has 1 aliphatic heterocycles. The van der Waals surface area contributed by atoms with Crippen LogP contribution in [0.4, 0.5) is 0 Å². The highest BCUT2D eigenvalue weighted by Crippen LogP contribution is 2.20. The van der Waals surface area contributed by atoms with Gasteiger partial charge >= 0.3 is 0 Å². The number of nitriles is 1. The van der Waals surface area contributed by atoms with Crippen LogP contribution in [0.25, 0.3) is 16.9 Å². The van der Waals surface area contributed by atoms with Crippen LogP contribution in [0.5, 0.6) is 0 Å². The molecule has 1 unspecified atom stereocenters. The number of rotatable bonds is 6. The van der Waals surface area contributed by atoms with Gasteiger partial charge in [-0.25, -0.2) is 9.67 Å². The predicted octanol–water partition coefficient (Wildman–Crippen LogP) is 2.98. The molecular formula is C24H25N5O3. The van der Waals surface area contributed by atoms with E-state index in [1.54, 1.807) is 36.7 Å². The number of hydrogen-bond donors (Lipinski definition) is 2. The highest BCUT2D eigenvalue weighted by atomic mass is 16.5. The molecule has 1 amide bonds. The van der Waals surface area contributed by atoms with Crippen LogP contribution in [-0.2, 0) is 11.2 Å². The van der Waals surface area contributed by atoms with Crippen molar-refractivity contribution in [2.45, 2.75) is 44.8 Å². The summed E-state index contributed by atoms with van der Waals surface area (Å²) < 4.78 is 7.25. The largest absolute Gasteiger partial charge is 0.376 e. The minimum atomic E-state index is -0.293. The molecule has 1 aromatic carbocycles. The minimum absolute atomic E-state index is 0.00480. The van der Waals surface area contributed by atoms with Gasteiger partial charge in [-0.1, -0.05) is 24.3 Å². The number of carbonyl (C=O) groups excluding carboxylic acids is 1. The van der Waals surface area contributed by atoms with E-state index in [4.69, 9.17) is 10.00 Å². The molecule has 1 aliphatic rings. The highest BCUT2D eigenvalue weighted by molar-refractivity contribution is 5.97. The molecule has 3 aromatic rings. The monoisotopic (exact) mass is 431 g/mol. The van der Waals surface area contributed by atoms with Gasteiger partial charge in [-0.3, -0.25) is 14.7 Å². The Morgan fingerprint density at radius 3 is 2.88 bits per heavy atom. The lowest BCUT2D eigenvalue weighted by atomic mass is 10.0. The van der Waals surface area contributed by atoms with E-state index in [1.807, 2.05) is 19.1 Å². The van der Waals surface area contributed by atoms with E-state index in [2.05, 4.69) is 21.5 Å². The van der Waals surface area contributed by atoms with Crippen molar-refractivity contribution in [3.63, 3.8) is 0 Å². The summed E-state index contributed by atoms with van der Waals surface area (Å²) in [6, 6.07) is 12.6. The first-order valence-corrected chi connectivity index (χ1v) is 10.7. The van der Waals surface area contributed by atoms with Crippen LogP contribution in [0.3, 0.4) is 0 Å². The second-order valence-electron chi connectivity index (χ2n) is 7.93. The van der Waals surface area contributed by atoms with Crippen molar-refractivity contribution in [2.75, 3.05) is 6.61 Å². The maximum Gasteiger partial charge on any atom is 0.272 e. The average Bonchev–Trinajstić information content (AvgIpc) is 3.21. The molecule has 0 radical (unpaired) electrons. The summed E-state index contributed by atoms with van der Waals surface area (Å²) in [6.45, 7) is 2.66. The van der Waals surface area contributed by atoms with E-state index in [-0.39, 0.29) is 23.6 Å². The number of hydrogen-bond acceptors (Lipinski definition) is 5. The van der Waals surface area contributed by atoms with Crippen molar-refractivity contribution in [1.29, 1.82) is 5.26 Å². The number of carbonyl (C=O) groups is 1. The van der Waals surface area contributed by atoms with Gasteiger partial charge in [0.25, 0.3) is 11.5 Å². The third kappa shape index (κ3) is 4.63. The fourth-order valence-corrected chi connectivity index (χ4v) is 3.91. The van der Waals surface area contributed by atoms with Gasteiger partial charge in [-0.05, 0) is 49.4 Å². The topological polar surface area (TPSA) is 113 Å². The maximum atomic E-state index is 13.0. The zero-order chi connectivity index (χ0) is 22.5. The molecule has 8 heteroatoms. The second kappa shape index (κ2) is 9.62. The van der Waals surface area contributed by atoms with Gasteiger partial charge in [0, 0.05) is 19.0 Å². The molecule has 1 fully saturated rings. The first-order valence-electron chi connectivity index (χ1n) is 10.7. The molecule has 2 aromatic heterocycles. The summed E-state index contributed by atoms with van der Waals surface area (Å²) in [5.74, 6) is 0.0675. The Labute approximate surface area is 185 Å². The van der Waals surface area contributed by atoms with Crippen molar-refractivity contribution in [1.82, 2.24) is 20.1 Å². The Morgan fingerprint density at radius 1 is 1.34 bits per heavy atom. The van der Waals surface area contributed by atoms with E-state index in [9.17, 15) is 9.59 Å². The van der Waals surface area contributed by atoms with Crippen LogP contribution in [-0.4, -0.2) is 39.4 Å². The molecule has 0 spiro atoms. The molecule has 4 rings (SSSR count). The summed E-state index contributed by atoms with van der Waals surface area (Å²) in [5.41, 5.74) is 2.12. The molecule has 32 heavy (non-hydrogen) atoms. The predicted molar refractivity (Wildman–Crippen MR) is 119 cm³/mol. The number of pyridine rings is 1. The molecule has 164 valence electrons. The molecule has 0 bridgehead atoms. The first-order chi connectivity index (χ1) is 15.6. The van der Waals surface area contributed by atoms with Gasteiger partial charge < -0.3 is 10.1 Å². The summed E-state index contributed by atoms with van der Waals surface area (Å²) in [4.78, 5) is 30.0.